The molecule has 0 saturated heterocycles. The molecule has 1 atom stereocenters. The minimum atomic E-state index is -4.17. The predicted molar refractivity (Wildman–Crippen MR) is 141 cm³/mol. The molecular weight excluding hydrogens is 544 g/mol. The first-order valence-electron chi connectivity index (χ1n) is 12.0. The molecule has 0 radical (unpaired) electrons. The molecule has 2 aliphatic heterocycles. The van der Waals surface area contributed by atoms with Crippen LogP contribution in [0.25, 0.3) is 0 Å². The number of Topliss-reactive ketones (excluding diaryl/α,β-unsaturated/α-hetero) is 1. The Balaban J connectivity index is 1.50. The summed E-state index contributed by atoms with van der Waals surface area (Å²) in [7, 11) is -1.06. The van der Waals surface area contributed by atoms with Gasteiger partial charge in [0.15, 0.2) is 12.4 Å². The quantitative estimate of drug-likeness (QED) is 0.454. The van der Waals surface area contributed by atoms with Crippen LogP contribution < -0.4 is 15.0 Å². The Labute approximate surface area is 228 Å². The summed E-state index contributed by atoms with van der Waals surface area (Å²) in [6.07, 6.45) is 0. The number of ketones is 1. The highest BCUT2D eigenvalue weighted by Crippen LogP contribution is 2.40. The summed E-state index contributed by atoms with van der Waals surface area (Å²) in [6.45, 7) is -0.365. The highest BCUT2D eigenvalue weighted by molar-refractivity contribution is 7.94. The van der Waals surface area contributed by atoms with E-state index in [1.54, 1.807) is 14.1 Å². The number of anilines is 2. The van der Waals surface area contributed by atoms with Crippen LogP contribution in [0.4, 0.5) is 20.2 Å². The van der Waals surface area contributed by atoms with E-state index in [4.69, 9.17) is 4.74 Å². The van der Waals surface area contributed by atoms with Crippen LogP contribution in [0, 0.1) is 17.6 Å². The van der Waals surface area contributed by atoms with E-state index >= 15 is 0 Å². The summed E-state index contributed by atoms with van der Waals surface area (Å²) in [5.41, 5.74) is 0.511. The Morgan fingerprint density at radius 2 is 1.70 bits per heavy atom. The molecule has 40 heavy (non-hydrogen) atoms. The van der Waals surface area contributed by atoms with Gasteiger partial charge in [0.1, 0.15) is 23.3 Å². The number of ether oxygens (including phenoxy) is 1. The van der Waals surface area contributed by atoms with Crippen LogP contribution in [0.1, 0.15) is 15.9 Å². The number of benzene rings is 3. The van der Waals surface area contributed by atoms with Crippen LogP contribution in [0.15, 0.2) is 76.7 Å². The molecule has 12 heteroatoms. The van der Waals surface area contributed by atoms with Crippen molar-refractivity contribution in [3.63, 3.8) is 0 Å². The molecule has 9 nitrogen and oxygen atoms in total. The summed E-state index contributed by atoms with van der Waals surface area (Å²) in [5.74, 6) is -4.46. The van der Waals surface area contributed by atoms with E-state index in [-0.39, 0.29) is 52.3 Å². The molecule has 0 saturated carbocycles. The van der Waals surface area contributed by atoms with E-state index < -0.39 is 39.1 Å². The topological polar surface area (TPSA) is 113 Å². The second-order valence-corrected chi connectivity index (χ2v) is 11.3. The minimum Gasteiger partial charge on any atom is -0.484 e. The Hall–Kier alpha value is -4.58. The van der Waals surface area contributed by atoms with Gasteiger partial charge in [-0.05, 0) is 48.0 Å². The molecule has 3 aromatic carbocycles. The van der Waals surface area contributed by atoms with Gasteiger partial charge in [-0.1, -0.05) is 12.1 Å². The van der Waals surface area contributed by atoms with Crippen molar-refractivity contribution < 1.29 is 36.3 Å². The van der Waals surface area contributed by atoms with Crippen molar-refractivity contribution in [2.24, 2.45) is 5.92 Å². The molecule has 0 spiro atoms. The average molecular weight is 568 g/mol. The van der Waals surface area contributed by atoms with E-state index in [1.165, 1.54) is 58.3 Å². The number of nitrogens with zero attached hydrogens (tertiary/aromatic N) is 2. The van der Waals surface area contributed by atoms with Gasteiger partial charge < -0.3 is 19.9 Å². The van der Waals surface area contributed by atoms with E-state index in [0.29, 0.717) is 5.56 Å². The summed E-state index contributed by atoms with van der Waals surface area (Å²) < 4.78 is 59.6. The third-order valence-corrected chi connectivity index (χ3v) is 8.05. The van der Waals surface area contributed by atoms with Gasteiger partial charge in [-0.2, -0.15) is 0 Å². The maximum Gasteiger partial charge on any atom is 0.259 e. The number of carbonyl (C=O) groups is 3. The number of likely N-dealkylation sites (N-methyl/N-ethyl adjacent to an activating group) is 1. The second kappa shape index (κ2) is 10.2. The van der Waals surface area contributed by atoms with Crippen LogP contribution in [-0.4, -0.2) is 51.6 Å². The molecule has 0 aromatic heterocycles. The van der Waals surface area contributed by atoms with Gasteiger partial charge in [-0.3, -0.25) is 14.4 Å². The molecule has 206 valence electrons. The van der Waals surface area contributed by atoms with Crippen LogP contribution >= 0.6 is 0 Å². The zero-order valence-electron chi connectivity index (χ0n) is 21.4. The monoisotopic (exact) mass is 567 g/mol. The summed E-state index contributed by atoms with van der Waals surface area (Å²) in [6, 6.07) is 12.9. The molecule has 0 bridgehead atoms. The van der Waals surface area contributed by atoms with E-state index in [9.17, 15) is 31.6 Å². The molecule has 5 rings (SSSR count). The van der Waals surface area contributed by atoms with E-state index in [1.807, 2.05) is 0 Å². The largest absolute Gasteiger partial charge is 0.484 e. The van der Waals surface area contributed by atoms with E-state index in [2.05, 4.69) is 5.32 Å². The number of fused-ring (bicyclic) bond motifs is 2. The van der Waals surface area contributed by atoms with Crippen LogP contribution in [0.2, 0.25) is 0 Å². The summed E-state index contributed by atoms with van der Waals surface area (Å²) in [4.78, 5) is 41.5. The normalized spacial score (nSPS) is 17.4. The maximum absolute atomic E-state index is 14.2. The highest BCUT2D eigenvalue weighted by atomic mass is 32.2. The van der Waals surface area contributed by atoms with Crippen molar-refractivity contribution in [3.05, 3.63) is 94.5 Å². The lowest BCUT2D eigenvalue weighted by atomic mass is 9.87. The number of rotatable bonds is 6. The first kappa shape index (κ1) is 27.0. The lowest BCUT2D eigenvalue weighted by Gasteiger charge is -2.35. The van der Waals surface area contributed by atoms with Crippen LogP contribution in [-0.2, 0) is 26.0 Å². The van der Waals surface area contributed by atoms with Crippen molar-refractivity contribution >= 4 is 38.8 Å². The van der Waals surface area contributed by atoms with Crippen molar-refractivity contribution in [2.75, 3.05) is 30.9 Å². The zero-order valence-corrected chi connectivity index (χ0v) is 22.2. The number of halogens is 2. The van der Waals surface area contributed by atoms with Gasteiger partial charge in [0.2, 0.25) is 15.7 Å². The maximum atomic E-state index is 14.2. The number of sulfone groups is 1. The van der Waals surface area contributed by atoms with Crippen LogP contribution in [0.3, 0.4) is 0 Å². The molecule has 0 aliphatic carbocycles. The number of carbonyl (C=O) groups excluding carboxylic acids is 3. The van der Waals surface area contributed by atoms with Crippen molar-refractivity contribution in [1.82, 2.24) is 4.90 Å². The van der Waals surface area contributed by atoms with Crippen LogP contribution in [0.5, 0.6) is 5.75 Å². The molecule has 1 N–H and O–H groups in total. The Morgan fingerprint density at radius 1 is 1.00 bits per heavy atom. The summed E-state index contributed by atoms with van der Waals surface area (Å²) in [5, 5.41) is 3.67. The first-order chi connectivity index (χ1) is 18.9. The third kappa shape index (κ3) is 5.05. The van der Waals surface area contributed by atoms with Gasteiger partial charge in [0, 0.05) is 31.4 Å². The van der Waals surface area contributed by atoms with Gasteiger partial charge in [0.05, 0.1) is 28.2 Å². The number of hydrogen-bond acceptors (Lipinski definition) is 7. The second-order valence-electron chi connectivity index (χ2n) is 9.49. The molecule has 2 aliphatic rings. The Morgan fingerprint density at radius 3 is 2.40 bits per heavy atom. The van der Waals surface area contributed by atoms with Gasteiger partial charge in [0.25, 0.3) is 5.91 Å². The molecular formula is C28H23F2N3O6S. The number of amides is 2. The lowest BCUT2D eigenvalue weighted by molar-refractivity contribution is -0.130. The van der Waals surface area contributed by atoms with Crippen molar-refractivity contribution in [2.45, 2.75) is 11.4 Å². The van der Waals surface area contributed by atoms with Crippen molar-refractivity contribution in [3.8, 4) is 5.75 Å². The molecule has 3 aromatic rings. The smallest absolute Gasteiger partial charge is 0.259 e. The zero-order chi connectivity index (χ0) is 28.8. The van der Waals surface area contributed by atoms with E-state index in [0.717, 1.165) is 17.5 Å². The molecule has 2 amide bonds. The minimum absolute atomic E-state index is 0.0650. The first-order valence-corrected chi connectivity index (χ1v) is 13.6. The molecule has 0 fully saturated rings. The fraction of sp³-hybridized carbons (Fsp3) is 0.179. The number of hydrogen-bond donors (Lipinski definition) is 1. The van der Waals surface area contributed by atoms with Gasteiger partial charge in [-0.15, -0.1) is 0 Å². The van der Waals surface area contributed by atoms with Gasteiger partial charge >= 0.3 is 0 Å². The average Bonchev–Trinajstić information content (AvgIpc) is 2.90. The fourth-order valence-electron chi connectivity index (χ4n) is 4.45. The fourth-order valence-corrected chi connectivity index (χ4v) is 5.82. The Kier molecular flexibility index (Phi) is 6.88. The third-order valence-electron chi connectivity index (χ3n) is 6.54. The van der Waals surface area contributed by atoms with Crippen molar-refractivity contribution in [1.29, 1.82) is 0 Å². The highest BCUT2D eigenvalue weighted by Gasteiger charge is 2.44. The number of nitrogens with one attached hydrogen (secondary N) is 1. The molecule has 1 unspecified atom stereocenters. The summed E-state index contributed by atoms with van der Waals surface area (Å²) >= 11 is 0. The lowest BCUT2D eigenvalue weighted by Crippen LogP contribution is -2.46. The Bertz CT molecular complexity index is 1690. The standard InChI is InChI=1S/C28H23F2N3O6S/c1-32(2)25(34)14-39-19-8-9-21-24(12-19)40(37,38)15-22(31-21)26-27(35)20-11-18(30)7-10-23(20)33(28(26)36)13-16-3-5-17(29)6-4-16/h3-12,15,26,31H,13-14H2,1-2H3. The predicted octanol–water partition coefficient (Wildman–Crippen LogP) is 3.52. The van der Waals surface area contributed by atoms with Gasteiger partial charge in [-0.25, -0.2) is 17.2 Å². The SMILES string of the molecule is CN(C)C(=O)COc1ccc2c(c1)S(=O)(=O)C=C(C1C(=O)c3cc(F)ccc3N(Cc3ccc(F)cc3)C1=O)N2. The molecule has 2 heterocycles.